The zero-order valence-electron chi connectivity index (χ0n) is 15.4. The van der Waals surface area contributed by atoms with Crippen molar-refractivity contribution in [2.45, 2.75) is 39.3 Å². The summed E-state index contributed by atoms with van der Waals surface area (Å²) in [5, 5.41) is 4.17. The van der Waals surface area contributed by atoms with Crippen LogP contribution in [0.4, 0.5) is 0 Å². The van der Waals surface area contributed by atoms with Gasteiger partial charge in [0.2, 0.25) is 0 Å². The molecule has 0 radical (unpaired) electrons. The third kappa shape index (κ3) is 2.61. The molecule has 1 aliphatic heterocycles. The molecule has 5 rings (SSSR count). The van der Waals surface area contributed by atoms with Crippen molar-refractivity contribution >= 4 is 32.6 Å². The molecule has 0 aliphatic carbocycles. The normalized spacial score (nSPS) is 15.3. The summed E-state index contributed by atoms with van der Waals surface area (Å²) >= 11 is 1.63. The summed E-state index contributed by atoms with van der Waals surface area (Å²) in [5.74, 6) is 0.812. The molecule has 0 fully saturated rings. The fraction of sp³-hybridized carbons (Fsp3) is 0.350. The van der Waals surface area contributed by atoms with Gasteiger partial charge in [0.25, 0.3) is 5.56 Å². The van der Waals surface area contributed by atoms with Gasteiger partial charge in [-0.2, -0.15) is 0 Å². The Hall–Kier alpha value is -2.51. The molecule has 6 nitrogen and oxygen atoms in total. The van der Waals surface area contributed by atoms with Crippen molar-refractivity contribution in [2.24, 2.45) is 0 Å². The van der Waals surface area contributed by atoms with Crippen LogP contribution >= 0.6 is 11.3 Å². The second-order valence-corrected chi connectivity index (χ2v) is 8.22. The summed E-state index contributed by atoms with van der Waals surface area (Å²) in [6.07, 6.45) is 3.34. The largest absolute Gasteiger partial charge is 0.340 e. The van der Waals surface area contributed by atoms with E-state index in [0.717, 1.165) is 53.0 Å². The number of nitrogens with one attached hydrogen (secondary N) is 2. The lowest BCUT2D eigenvalue weighted by Crippen LogP contribution is -2.28. The van der Waals surface area contributed by atoms with Crippen LogP contribution in [0.3, 0.4) is 0 Å². The Morgan fingerprint density at radius 1 is 1.37 bits per heavy atom. The molecular weight excluding hydrogens is 358 g/mol. The molecule has 0 bridgehead atoms. The Labute approximate surface area is 160 Å². The molecule has 138 valence electrons. The van der Waals surface area contributed by atoms with Crippen molar-refractivity contribution < 1.29 is 0 Å². The summed E-state index contributed by atoms with van der Waals surface area (Å²) in [6, 6.07) is 6.01. The van der Waals surface area contributed by atoms with E-state index in [4.69, 9.17) is 4.98 Å². The van der Waals surface area contributed by atoms with Gasteiger partial charge in [-0.25, -0.2) is 9.97 Å². The Kier molecular flexibility index (Phi) is 3.87. The minimum Gasteiger partial charge on any atom is -0.340 e. The zero-order valence-corrected chi connectivity index (χ0v) is 16.2. The molecule has 0 saturated carbocycles. The van der Waals surface area contributed by atoms with Gasteiger partial charge in [0.15, 0.2) is 0 Å². The Morgan fingerprint density at radius 3 is 3.11 bits per heavy atom. The molecule has 7 heteroatoms. The molecule has 1 aromatic carbocycles. The third-order valence-corrected chi connectivity index (χ3v) is 6.49. The van der Waals surface area contributed by atoms with Crippen molar-refractivity contribution in [3.05, 3.63) is 56.7 Å². The lowest BCUT2D eigenvalue weighted by molar-refractivity contribution is 0.521. The van der Waals surface area contributed by atoms with Gasteiger partial charge < -0.3 is 10.3 Å². The van der Waals surface area contributed by atoms with Crippen molar-refractivity contribution in [3.8, 4) is 0 Å². The predicted octanol–water partition coefficient (Wildman–Crippen LogP) is 3.29. The number of hydrogen-bond donors (Lipinski definition) is 2. The molecule has 27 heavy (non-hydrogen) atoms. The second kappa shape index (κ2) is 6.28. The molecule has 1 aliphatic rings. The SMILES string of the molecule is CC[C@@H](c1nc2ccc(C)cc2[nH]1)n1cnc2sc3c(c2c1=O)CCNC3. The first-order valence-electron chi connectivity index (χ1n) is 9.34. The fourth-order valence-electron chi connectivity index (χ4n) is 3.97. The number of thiophene rings is 1. The van der Waals surface area contributed by atoms with Gasteiger partial charge in [-0.3, -0.25) is 9.36 Å². The van der Waals surface area contributed by atoms with Crippen LogP contribution in [0.2, 0.25) is 0 Å². The van der Waals surface area contributed by atoms with E-state index in [1.54, 1.807) is 22.2 Å². The van der Waals surface area contributed by atoms with Crippen LogP contribution in [0.5, 0.6) is 0 Å². The maximum Gasteiger partial charge on any atom is 0.263 e. The average molecular weight is 379 g/mol. The quantitative estimate of drug-likeness (QED) is 0.573. The number of H-pyrrole nitrogens is 1. The van der Waals surface area contributed by atoms with Crippen molar-refractivity contribution in [2.75, 3.05) is 6.54 Å². The van der Waals surface area contributed by atoms with E-state index in [1.807, 2.05) is 6.07 Å². The molecule has 4 aromatic rings. The highest BCUT2D eigenvalue weighted by atomic mass is 32.1. The third-order valence-electron chi connectivity index (χ3n) is 5.35. The van der Waals surface area contributed by atoms with Gasteiger partial charge in [-0.15, -0.1) is 11.3 Å². The highest BCUT2D eigenvalue weighted by Crippen LogP contribution is 2.30. The number of nitrogens with zero attached hydrogens (tertiary/aromatic N) is 3. The standard InChI is InChI=1S/C20H21N5OS/c1-3-15(18-23-13-5-4-11(2)8-14(13)24-18)25-10-22-19-17(20(25)26)12-6-7-21-9-16(12)27-19/h4-5,8,10,15,21H,3,6-7,9H2,1-2H3,(H,23,24)/t15-/m0/s1. The van der Waals surface area contributed by atoms with Crippen LogP contribution in [0, 0.1) is 6.92 Å². The van der Waals surface area contributed by atoms with Gasteiger partial charge >= 0.3 is 0 Å². The van der Waals surface area contributed by atoms with Crippen LogP contribution in [0.1, 0.15) is 41.2 Å². The number of aromatic nitrogens is 4. The smallest absolute Gasteiger partial charge is 0.263 e. The Balaban J connectivity index is 1.67. The average Bonchev–Trinajstić information content (AvgIpc) is 3.25. The molecule has 0 saturated heterocycles. The summed E-state index contributed by atoms with van der Waals surface area (Å²) in [5.41, 5.74) is 4.34. The summed E-state index contributed by atoms with van der Waals surface area (Å²) in [4.78, 5) is 28.2. The van der Waals surface area contributed by atoms with E-state index in [2.05, 4.69) is 41.3 Å². The van der Waals surface area contributed by atoms with E-state index < -0.39 is 0 Å². The summed E-state index contributed by atoms with van der Waals surface area (Å²) < 4.78 is 1.75. The lowest BCUT2D eigenvalue weighted by Gasteiger charge is -2.16. The minimum absolute atomic E-state index is 0.0443. The summed E-state index contributed by atoms with van der Waals surface area (Å²) in [7, 11) is 0. The predicted molar refractivity (Wildman–Crippen MR) is 109 cm³/mol. The lowest BCUT2D eigenvalue weighted by atomic mass is 10.1. The number of imidazole rings is 1. The van der Waals surface area contributed by atoms with E-state index in [1.165, 1.54) is 16.0 Å². The number of aryl methyl sites for hydroxylation is 1. The van der Waals surface area contributed by atoms with E-state index >= 15 is 0 Å². The molecular formula is C20H21N5OS. The number of benzene rings is 1. The van der Waals surface area contributed by atoms with Crippen LogP contribution < -0.4 is 10.9 Å². The second-order valence-electron chi connectivity index (χ2n) is 7.13. The molecule has 3 aromatic heterocycles. The van der Waals surface area contributed by atoms with Gasteiger partial charge in [-0.1, -0.05) is 13.0 Å². The summed E-state index contributed by atoms with van der Waals surface area (Å²) in [6.45, 7) is 5.88. The molecule has 4 heterocycles. The van der Waals surface area contributed by atoms with Crippen LogP contribution in [-0.4, -0.2) is 26.1 Å². The van der Waals surface area contributed by atoms with E-state index in [-0.39, 0.29) is 11.6 Å². The van der Waals surface area contributed by atoms with Crippen molar-refractivity contribution in [3.63, 3.8) is 0 Å². The molecule has 1 atom stereocenters. The van der Waals surface area contributed by atoms with Crippen molar-refractivity contribution in [1.82, 2.24) is 24.8 Å². The molecule has 0 amide bonds. The first-order chi connectivity index (χ1) is 13.2. The topological polar surface area (TPSA) is 75.6 Å². The number of aromatic amines is 1. The molecule has 0 unspecified atom stereocenters. The van der Waals surface area contributed by atoms with Crippen LogP contribution in [0.25, 0.3) is 21.3 Å². The van der Waals surface area contributed by atoms with Crippen LogP contribution in [0.15, 0.2) is 29.3 Å². The molecule has 0 spiro atoms. The zero-order chi connectivity index (χ0) is 18.5. The Bertz CT molecular complexity index is 1220. The minimum atomic E-state index is -0.153. The maximum atomic E-state index is 13.4. The maximum absolute atomic E-state index is 13.4. The van der Waals surface area contributed by atoms with Gasteiger partial charge in [0, 0.05) is 11.4 Å². The van der Waals surface area contributed by atoms with Crippen LogP contribution in [-0.2, 0) is 13.0 Å². The fourth-order valence-corrected chi connectivity index (χ4v) is 5.12. The van der Waals surface area contributed by atoms with Gasteiger partial charge in [0.05, 0.1) is 28.8 Å². The number of hydrogen-bond acceptors (Lipinski definition) is 5. The van der Waals surface area contributed by atoms with E-state index in [9.17, 15) is 4.79 Å². The number of rotatable bonds is 3. The number of fused-ring (bicyclic) bond motifs is 4. The van der Waals surface area contributed by atoms with E-state index in [0.29, 0.717) is 0 Å². The van der Waals surface area contributed by atoms with Gasteiger partial charge in [0.1, 0.15) is 10.7 Å². The molecule has 2 N–H and O–H groups in total. The first-order valence-corrected chi connectivity index (χ1v) is 10.2. The Morgan fingerprint density at radius 2 is 2.26 bits per heavy atom. The van der Waals surface area contributed by atoms with Crippen molar-refractivity contribution in [1.29, 1.82) is 0 Å². The highest BCUT2D eigenvalue weighted by Gasteiger charge is 2.23. The monoisotopic (exact) mass is 379 g/mol. The first kappa shape index (κ1) is 16.6. The van der Waals surface area contributed by atoms with Gasteiger partial charge in [-0.05, 0) is 49.6 Å². The highest BCUT2D eigenvalue weighted by molar-refractivity contribution is 7.18.